The second kappa shape index (κ2) is 12.6. The van der Waals surface area contributed by atoms with Crippen LogP contribution in [0.5, 0.6) is 0 Å². The number of amides is 2. The van der Waals surface area contributed by atoms with Crippen LogP contribution in [-0.4, -0.2) is 93.8 Å². The van der Waals surface area contributed by atoms with Gasteiger partial charge in [-0.25, -0.2) is 15.0 Å². The highest BCUT2D eigenvalue weighted by atomic mass is 35.5. The summed E-state index contributed by atoms with van der Waals surface area (Å²) in [6.45, 7) is 2.89. The van der Waals surface area contributed by atoms with Crippen LogP contribution in [0.4, 0.5) is 5.82 Å². The molecule has 4 aromatic rings. The molecule has 2 aromatic carbocycles. The minimum Gasteiger partial charge on any atom is -0.359 e. The predicted octanol–water partition coefficient (Wildman–Crippen LogP) is 5.00. The summed E-state index contributed by atoms with van der Waals surface area (Å²) >= 11 is 12.8. The fourth-order valence-corrected chi connectivity index (χ4v) is 5.40. The van der Waals surface area contributed by atoms with Gasteiger partial charge in [0.25, 0.3) is 5.91 Å². The number of rotatable bonds is 10. The number of imidazole rings is 1. The summed E-state index contributed by atoms with van der Waals surface area (Å²) < 4.78 is 0. The summed E-state index contributed by atoms with van der Waals surface area (Å²) in [5.74, 6) is 1.15. The van der Waals surface area contributed by atoms with Gasteiger partial charge in [0.1, 0.15) is 18.0 Å². The zero-order valence-electron chi connectivity index (χ0n) is 23.5. The number of fused-ring (bicyclic) bond motifs is 2. The lowest BCUT2D eigenvalue weighted by molar-refractivity contribution is -0.130. The first-order valence-electron chi connectivity index (χ1n) is 13.7. The van der Waals surface area contributed by atoms with Gasteiger partial charge in [-0.05, 0) is 63.7 Å². The molecular weight excluding hydrogens is 563 g/mol. The Bertz CT molecular complexity index is 1570. The zero-order valence-corrected chi connectivity index (χ0v) is 25.0. The molecule has 3 heterocycles. The highest BCUT2D eigenvalue weighted by Gasteiger charge is 2.24. The molecular formula is C29H34Cl2N8O2. The number of hydrogen-bond acceptors (Lipinski definition) is 7. The van der Waals surface area contributed by atoms with Gasteiger partial charge in [-0.15, -0.1) is 0 Å². The van der Waals surface area contributed by atoms with E-state index in [0.29, 0.717) is 57.5 Å². The molecule has 1 fully saturated rings. The van der Waals surface area contributed by atoms with Crippen molar-refractivity contribution >= 4 is 62.8 Å². The third-order valence-corrected chi connectivity index (χ3v) is 7.96. The SMILES string of the molecule is CN(C)CCN(C)C(=O)CCC(Nc1ncnc2cc(C(=O)N3CCCC3)c(Cl)cc12)c1nc2cc(Cl)ccc2[nH]1. The predicted molar refractivity (Wildman–Crippen MR) is 163 cm³/mol. The lowest BCUT2D eigenvalue weighted by Crippen LogP contribution is -2.33. The van der Waals surface area contributed by atoms with E-state index < -0.39 is 0 Å². The average molecular weight is 598 g/mol. The molecule has 2 amide bonds. The molecule has 2 aromatic heterocycles. The third kappa shape index (κ3) is 6.72. The molecule has 0 radical (unpaired) electrons. The van der Waals surface area contributed by atoms with Crippen LogP contribution >= 0.6 is 23.2 Å². The number of carbonyl (C=O) groups is 2. The fourth-order valence-electron chi connectivity index (χ4n) is 4.99. The van der Waals surface area contributed by atoms with E-state index in [0.717, 1.165) is 43.5 Å². The van der Waals surface area contributed by atoms with Gasteiger partial charge in [0, 0.05) is 50.1 Å². The number of likely N-dealkylation sites (N-methyl/N-ethyl adjacent to an activating group) is 2. The van der Waals surface area contributed by atoms with Crippen molar-refractivity contribution < 1.29 is 9.59 Å². The number of aromatic nitrogens is 4. The Balaban J connectivity index is 1.44. The maximum absolute atomic E-state index is 13.1. The van der Waals surface area contributed by atoms with Crippen LogP contribution < -0.4 is 5.32 Å². The fraction of sp³-hybridized carbons (Fsp3) is 0.414. The van der Waals surface area contributed by atoms with Crippen molar-refractivity contribution in [1.29, 1.82) is 0 Å². The molecule has 1 atom stereocenters. The van der Waals surface area contributed by atoms with Gasteiger partial charge in [-0.2, -0.15) is 0 Å². The van der Waals surface area contributed by atoms with Crippen LogP contribution in [0.2, 0.25) is 10.0 Å². The van der Waals surface area contributed by atoms with Gasteiger partial charge in [0.15, 0.2) is 0 Å². The number of benzene rings is 2. The maximum Gasteiger partial charge on any atom is 0.255 e. The van der Waals surface area contributed by atoms with Crippen molar-refractivity contribution in [3.8, 4) is 0 Å². The Kier molecular flexibility index (Phi) is 8.91. The van der Waals surface area contributed by atoms with Crippen LogP contribution in [0.25, 0.3) is 21.9 Å². The van der Waals surface area contributed by atoms with Crippen molar-refractivity contribution in [2.75, 3.05) is 52.6 Å². The molecule has 1 aliphatic heterocycles. The molecule has 0 bridgehead atoms. The van der Waals surface area contributed by atoms with E-state index in [-0.39, 0.29) is 17.9 Å². The number of aromatic amines is 1. The Labute approximate surface area is 249 Å². The second-order valence-electron chi connectivity index (χ2n) is 10.7. The Morgan fingerprint density at radius 3 is 2.59 bits per heavy atom. The molecule has 1 saturated heterocycles. The van der Waals surface area contributed by atoms with E-state index in [2.05, 4.69) is 20.3 Å². The summed E-state index contributed by atoms with van der Waals surface area (Å²) in [6.07, 6.45) is 4.21. The lowest BCUT2D eigenvalue weighted by atomic mass is 10.1. The van der Waals surface area contributed by atoms with Crippen LogP contribution in [0, 0.1) is 0 Å². The summed E-state index contributed by atoms with van der Waals surface area (Å²) in [5, 5.41) is 5.09. The van der Waals surface area contributed by atoms with Crippen LogP contribution in [0.1, 0.15) is 47.9 Å². The molecule has 216 valence electrons. The molecule has 2 N–H and O–H groups in total. The van der Waals surface area contributed by atoms with Gasteiger partial charge in [0.05, 0.1) is 33.2 Å². The van der Waals surface area contributed by atoms with Crippen molar-refractivity contribution in [2.45, 2.75) is 31.7 Å². The van der Waals surface area contributed by atoms with Gasteiger partial charge in [-0.1, -0.05) is 23.2 Å². The van der Waals surface area contributed by atoms with Gasteiger partial charge in [0.2, 0.25) is 5.91 Å². The first-order valence-corrected chi connectivity index (χ1v) is 14.5. The number of H-pyrrole nitrogens is 1. The Morgan fingerprint density at radius 2 is 1.83 bits per heavy atom. The van der Waals surface area contributed by atoms with Crippen molar-refractivity contribution in [3.05, 3.63) is 58.1 Å². The van der Waals surface area contributed by atoms with Gasteiger partial charge < -0.3 is 25.0 Å². The van der Waals surface area contributed by atoms with Crippen molar-refractivity contribution in [3.63, 3.8) is 0 Å². The number of nitrogens with zero attached hydrogens (tertiary/aromatic N) is 6. The molecule has 12 heteroatoms. The van der Waals surface area contributed by atoms with E-state index in [4.69, 9.17) is 28.2 Å². The molecule has 1 unspecified atom stereocenters. The lowest BCUT2D eigenvalue weighted by Gasteiger charge is -2.22. The summed E-state index contributed by atoms with van der Waals surface area (Å²) in [7, 11) is 5.78. The van der Waals surface area contributed by atoms with Crippen LogP contribution in [-0.2, 0) is 4.79 Å². The van der Waals surface area contributed by atoms with Gasteiger partial charge in [-0.3, -0.25) is 9.59 Å². The molecule has 0 aliphatic carbocycles. The minimum atomic E-state index is -0.379. The third-order valence-electron chi connectivity index (χ3n) is 7.41. The molecule has 10 nitrogen and oxygen atoms in total. The van der Waals surface area contributed by atoms with E-state index in [9.17, 15) is 9.59 Å². The topological polar surface area (TPSA) is 110 Å². The standard InChI is InChI=1S/C29H34Cl2N8O2/c1-37(2)12-13-38(3)26(40)9-8-23(28-34-22-7-6-18(30)14-25(22)36-28)35-27-20-15-21(31)19(16-24(20)32-17-33-27)29(41)39-10-4-5-11-39/h6-7,14-17,23H,4-5,8-13H2,1-3H3,(H,34,36)(H,32,33,35). The summed E-state index contributed by atoms with van der Waals surface area (Å²) in [4.78, 5) is 48.7. The molecule has 0 spiro atoms. The smallest absolute Gasteiger partial charge is 0.255 e. The summed E-state index contributed by atoms with van der Waals surface area (Å²) in [5.41, 5.74) is 2.60. The average Bonchev–Trinajstić information content (AvgIpc) is 3.63. The highest BCUT2D eigenvalue weighted by molar-refractivity contribution is 6.35. The minimum absolute atomic E-state index is 0.0402. The first-order chi connectivity index (χ1) is 19.7. The molecule has 5 rings (SSSR count). The first kappa shape index (κ1) is 29.0. The van der Waals surface area contributed by atoms with Crippen molar-refractivity contribution in [1.82, 2.24) is 34.6 Å². The van der Waals surface area contributed by atoms with E-state index in [1.807, 2.05) is 37.0 Å². The van der Waals surface area contributed by atoms with Gasteiger partial charge >= 0.3 is 0 Å². The Morgan fingerprint density at radius 1 is 1.05 bits per heavy atom. The zero-order chi connectivity index (χ0) is 29.1. The highest BCUT2D eigenvalue weighted by Crippen LogP contribution is 2.32. The normalized spacial score (nSPS) is 14.2. The molecule has 0 saturated carbocycles. The quantitative estimate of drug-likeness (QED) is 0.265. The molecule has 1 aliphatic rings. The second-order valence-corrected chi connectivity index (χ2v) is 11.6. The van der Waals surface area contributed by atoms with E-state index in [1.165, 1.54) is 6.33 Å². The van der Waals surface area contributed by atoms with Crippen molar-refractivity contribution in [2.24, 2.45) is 0 Å². The van der Waals surface area contributed by atoms with Crippen LogP contribution in [0.15, 0.2) is 36.7 Å². The number of likely N-dealkylation sites (tertiary alicyclic amines) is 1. The maximum atomic E-state index is 13.1. The number of anilines is 1. The number of carbonyl (C=O) groups excluding carboxylic acids is 2. The number of halogens is 2. The number of hydrogen-bond donors (Lipinski definition) is 2. The van der Waals surface area contributed by atoms with E-state index >= 15 is 0 Å². The Hall–Kier alpha value is -3.47. The number of nitrogens with one attached hydrogen (secondary N) is 2. The van der Waals surface area contributed by atoms with E-state index in [1.54, 1.807) is 29.2 Å². The largest absolute Gasteiger partial charge is 0.359 e. The molecule has 41 heavy (non-hydrogen) atoms. The van der Waals surface area contributed by atoms with Crippen LogP contribution in [0.3, 0.4) is 0 Å². The summed E-state index contributed by atoms with van der Waals surface area (Å²) in [6, 6.07) is 8.57. The monoisotopic (exact) mass is 596 g/mol.